The van der Waals surface area contributed by atoms with Crippen molar-refractivity contribution >= 4 is 28.4 Å². The summed E-state index contributed by atoms with van der Waals surface area (Å²) in [6.45, 7) is 4.20. The fourth-order valence-corrected chi connectivity index (χ4v) is 4.58. The third kappa shape index (κ3) is 3.89. The Bertz CT molecular complexity index is 1080. The molecule has 30 heavy (non-hydrogen) atoms. The first kappa shape index (κ1) is 20.7. The van der Waals surface area contributed by atoms with Gasteiger partial charge < -0.3 is 15.5 Å². The normalized spacial score (nSPS) is 15.9. The SMILES string of the molecule is CCN(CCCc1c[nH]c2c(Cl)cccc12)C1COc2c(F)ccc(C(N)=O)c2C1. The molecule has 3 aromatic rings. The fourth-order valence-electron chi connectivity index (χ4n) is 4.35. The van der Waals surface area contributed by atoms with Gasteiger partial charge in [-0.1, -0.05) is 30.7 Å². The number of hydrogen-bond donors (Lipinski definition) is 2. The number of aryl methyl sites for hydroxylation is 1. The second-order valence-electron chi connectivity index (χ2n) is 7.64. The Morgan fingerprint density at radius 1 is 1.37 bits per heavy atom. The van der Waals surface area contributed by atoms with Crippen molar-refractivity contribution in [3.05, 3.63) is 64.1 Å². The van der Waals surface area contributed by atoms with Crippen LogP contribution in [-0.2, 0) is 12.8 Å². The van der Waals surface area contributed by atoms with Crippen molar-refractivity contribution in [2.75, 3.05) is 19.7 Å². The lowest BCUT2D eigenvalue weighted by Crippen LogP contribution is -2.44. The maximum Gasteiger partial charge on any atom is 0.249 e. The Kier molecular flexibility index (Phi) is 5.97. The van der Waals surface area contributed by atoms with Crippen molar-refractivity contribution in [1.82, 2.24) is 9.88 Å². The van der Waals surface area contributed by atoms with Gasteiger partial charge in [0.15, 0.2) is 11.6 Å². The maximum absolute atomic E-state index is 14.1. The second-order valence-corrected chi connectivity index (χ2v) is 8.05. The molecule has 0 aliphatic carbocycles. The van der Waals surface area contributed by atoms with E-state index in [-0.39, 0.29) is 11.8 Å². The van der Waals surface area contributed by atoms with Gasteiger partial charge in [0.25, 0.3) is 0 Å². The number of benzene rings is 2. The Hall–Kier alpha value is -2.57. The van der Waals surface area contributed by atoms with Crippen LogP contribution in [0.1, 0.15) is 34.8 Å². The van der Waals surface area contributed by atoms with Crippen molar-refractivity contribution in [3.63, 3.8) is 0 Å². The number of amides is 1. The molecule has 7 heteroatoms. The molecule has 0 bridgehead atoms. The maximum atomic E-state index is 14.1. The number of halogens is 2. The number of nitrogens with two attached hydrogens (primary N) is 1. The molecular weight excluding hydrogens is 405 g/mol. The summed E-state index contributed by atoms with van der Waals surface area (Å²) in [6.07, 6.45) is 4.45. The van der Waals surface area contributed by atoms with Gasteiger partial charge in [0, 0.05) is 28.8 Å². The van der Waals surface area contributed by atoms with Crippen molar-refractivity contribution in [2.24, 2.45) is 5.73 Å². The third-order valence-electron chi connectivity index (χ3n) is 5.90. The molecule has 3 N–H and O–H groups in total. The zero-order valence-electron chi connectivity index (χ0n) is 16.9. The summed E-state index contributed by atoms with van der Waals surface area (Å²) < 4.78 is 19.9. The van der Waals surface area contributed by atoms with E-state index in [4.69, 9.17) is 22.1 Å². The lowest BCUT2D eigenvalue weighted by atomic mass is 9.95. The summed E-state index contributed by atoms with van der Waals surface area (Å²) in [7, 11) is 0. The number of likely N-dealkylation sites (N-methyl/N-ethyl adjacent to an activating group) is 1. The number of fused-ring (bicyclic) bond motifs is 2. The number of ether oxygens (including phenoxy) is 1. The minimum absolute atomic E-state index is 0.0693. The zero-order chi connectivity index (χ0) is 21.3. The van der Waals surface area contributed by atoms with Crippen molar-refractivity contribution in [1.29, 1.82) is 0 Å². The third-order valence-corrected chi connectivity index (χ3v) is 6.22. The molecule has 2 heterocycles. The standard InChI is InChI=1S/C23H25ClFN3O2/c1-2-28(10-4-5-14-12-27-21-16(14)6-3-7-19(21)24)15-11-18-17(23(26)29)8-9-20(25)22(18)30-13-15/h3,6-9,12,15,27H,2,4-5,10-11,13H2,1H3,(H2,26,29). The number of para-hydroxylation sites is 1. The number of hydrogen-bond acceptors (Lipinski definition) is 3. The summed E-state index contributed by atoms with van der Waals surface area (Å²) in [5.74, 6) is -0.847. The Morgan fingerprint density at radius 3 is 2.97 bits per heavy atom. The number of nitrogens with one attached hydrogen (secondary N) is 1. The van der Waals surface area contributed by atoms with Crippen LogP contribution in [0.3, 0.4) is 0 Å². The van der Waals surface area contributed by atoms with Crippen LogP contribution in [0.5, 0.6) is 5.75 Å². The number of nitrogens with zero attached hydrogens (tertiary/aromatic N) is 1. The van der Waals surface area contributed by atoms with Gasteiger partial charge in [-0.3, -0.25) is 9.69 Å². The van der Waals surface area contributed by atoms with Crippen molar-refractivity contribution in [2.45, 2.75) is 32.2 Å². The molecule has 0 spiro atoms. The first-order valence-electron chi connectivity index (χ1n) is 10.2. The number of primary amides is 1. The van der Waals surface area contributed by atoms with Crippen LogP contribution in [0.4, 0.5) is 4.39 Å². The molecule has 1 atom stereocenters. The monoisotopic (exact) mass is 429 g/mol. The average molecular weight is 430 g/mol. The molecule has 1 amide bonds. The molecule has 4 rings (SSSR count). The molecule has 5 nitrogen and oxygen atoms in total. The van der Waals surface area contributed by atoms with E-state index in [1.165, 1.54) is 17.7 Å². The van der Waals surface area contributed by atoms with E-state index in [1.54, 1.807) is 0 Å². The van der Waals surface area contributed by atoms with Crippen LogP contribution < -0.4 is 10.5 Å². The molecule has 0 fully saturated rings. The second kappa shape index (κ2) is 8.66. The topological polar surface area (TPSA) is 71.3 Å². The predicted octanol–water partition coefficient (Wildman–Crippen LogP) is 4.32. The molecule has 158 valence electrons. The minimum Gasteiger partial charge on any atom is -0.489 e. The average Bonchev–Trinajstić information content (AvgIpc) is 3.15. The van der Waals surface area contributed by atoms with Crippen LogP contribution >= 0.6 is 11.6 Å². The molecule has 1 aliphatic rings. The van der Waals surface area contributed by atoms with E-state index in [0.717, 1.165) is 41.9 Å². The lowest BCUT2D eigenvalue weighted by molar-refractivity contribution is 0.0987. The summed E-state index contributed by atoms with van der Waals surface area (Å²) >= 11 is 6.25. The van der Waals surface area contributed by atoms with Gasteiger partial charge in [0.2, 0.25) is 5.91 Å². The number of H-pyrrole nitrogens is 1. The zero-order valence-corrected chi connectivity index (χ0v) is 17.6. The Morgan fingerprint density at radius 2 is 2.20 bits per heavy atom. The molecule has 0 radical (unpaired) electrons. The van der Waals surface area contributed by atoms with Gasteiger partial charge in [0.1, 0.15) is 6.61 Å². The molecule has 0 saturated carbocycles. The van der Waals surface area contributed by atoms with E-state index in [1.807, 2.05) is 18.3 Å². The molecule has 2 aromatic carbocycles. The van der Waals surface area contributed by atoms with Gasteiger partial charge in [-0.2, -0.15) is 0 Å². The van der Waals surface area contributed by atoms with Gasteiger partial charge in [0.05, 0.1) is 10.5 Å². The van der Waals surface area contributed by atoms with Gasteiger partial charge >= 0.3 is 0 Å². The van der Waals surface area contributed by atoms with E-state index < -0.39 is 11.7 Å². The van der Waals surface area contributed by atoms with E-state index >= 15 is 0 Å². The highest BCUT2D eigenvalue weighted by Gasteiger charge is 2.29. The molecular formula is C23H25ClFN3O2. The fraction of sp³-hybridized carbons (Fsp3) is 0.348. The number of carbonyl (C=O) groups excluding carboxylic acids is 1. The quantitative estimate of drug-likeness (QED) is 0.587. The van der Waals surface area contributed by atoms with E-state index in [2.05, 4.69) is 22.9 Å². The molecule has 0 saturated heterocycles. The van der Waals surface area contributed by atoms with Gasteiger partial charge in [-0.25, -0.2) is 4.39 Å². The Labute approximate surface area is 180 Å². The number of carbonyl (C=O) groups is 1. The highest BCUT2D eigenvalue weighted by Crippen LogP contribution is 2.32. The number of aromatic nitrogens is 1. The lowest BCUT2D eigenvalue weighted by Gasteiger charge is -2.35. The van der Waals surface area contributed by atoms with E-state index in [9.17, 15) is 9.18 Å². The summed E-state index contributed by atoms with van der Waals surface area (Å²) in [6, 6.07) is 8.68. The number of aromatic amines is 1. The molecule has 1 aliphatic heterocycles. The molecule has 1 unspecified atom stereocenters. The predicted molar refractivity (Wildman–Crippen MR) is 117 cm³/mol. The largest absolute Gasteiger partial charge is 0.489 e. The summed E-state index contributed by atoms with van der Waals surface area (Å²) in [5.41, 5.74) is 8.61. The van der Waals surface area contributed by atoms with Crippen LogP contribution in [0.2, 0.25) is 5.02 Å². The summed E-state index contributed by atoms with van der Waals surface area (Å²) in [5, 5.41) is 1.88. The summed E-state index contributed by atoms with van der Waals surface area (Å²) in [4.78, 5) is 17.4. The van der Waals surface area contributed by atoms with Crippen LogP contribution in [0.25, 0.3) is 10.9 Å². The molecule has 1 aromatic heterocycles. The van der Waals surface area contributed by atoms with E-state index in [0.29, 0.717) is 24.2 Å². The van der Waals surface area contributed by atoms with Gasteiger partial charge in [-0.05, 0) is 56.1 Å². The van der Waals surface area contributed by atoms with Crippen LogP contribution in [-0.4, -0.2) is 41.5 Å². The van der Waals surface area contributed by atoms with Crippen molar-refractivity contribution < 1.29 is 13.9 Å². The number of rotatable bonds is 7. The smallest absolute Gasteiger partial charge is 0.249 e. The first-order chi connectivity index (χ1) is 14.5. The van der Waals surface area contributed by atoms with Crippen LogP contribution in [0, 0.1) is 5.82 Å². The minimum atomic E-state index is -0.559. The van der Waals surface area contributed by atoms with Gasteiger partial charge in [-0.15, -0.1) is 0 Å². The van der Waals surface area contributed by atoms with Crippen molar-refractivity contribution in [3.8, 4) is 5.75 Å². The Balaban J connectivity index is 1.44. The highest BCUT2D eigenvalue weighted by molar-refractivity contribution is 6.35. The first-order valence-corrected chi connectivity index (χ1v) is 10.6. The van der Waals surface area contributed by atoms with Crippen LogP contribution in [0.15, 0.2) is 36.5 Å². The highest BCUT2D eigenvalue weighted by atomic mass is 35.5.